The molecule has 1 N–H and O–H groups in total. The van der Waals surface area contributed by atoms with Crippen molar-refractivity contribution in [2.45, 2.75) is 6.92 Å². The Morgan fingerprint density at radius 2 is 1.55 bits per heavy atom. The lowest BCUT2D eigenvalue weighted by Crippen LogP contribution is -2.32. The maximum Gasteiger partial charge on any atom is 0.282 e. The molecule has 7 nitrogen and oxygen atoms in total. The Morgan fingerprint density at radius 1 is 0.818 bits per heavy atom. The number of ether oxygens (including phenoxy) is 3. The molecule has 1 aliphatic rings. The molecule has 0 bridgehead atoms. The SMILES string of the molecule is CCOc1ccccc1NC1=C(c2ccccc2)C(=O)N(c2cc(OC)ccc2OC)C1=O. The van der Waals surface area contributed by atoms with Crippen molar-refractivity contribution in [3.8, 4) is 17.2 Å². The van der Waals surface area contributed by atoms with Crippen LogP contribution in [0.3, 0.4) is 0 Å². The van der Waals surface area contributed by atoms with E-state index in [-0.39, 0.29) is 11.3 Å². The molecule has 0 aliphatic carbocycles. The summed E-state index contributed by atoms with van der Waals surface area (Å²) in [6.45, 7) is 2.34. The fourth-order valence-corrected chi connectivity index (χ4v) is 3.69. The number of carbonyl (C=O) groups excluding carboxylic acids is 2. The molecular weight excluding hydrogens is 420 g/mol. The summed E-state index contributed by atoms with van der Waals surface area (Å²) in [5.74, 6) is 0.486. The molecule has 0 atom stereocenters. The number of hydrogen-bond acceptors (Lipinski definition) is 6. The van der Waals surface area contributed by atoms with Gasteiger partial charge in [-0.05, 0) is 36.8 Å². The van der Waals surface area contributed by atoms with Crippen LogP contribution in [-0.2, 0) is 9.59 Å². The molecule has 33 heavy (non-hydrogen) atoms. The lowest BCUT2D eigenvalue weighted by atomic mass is 10.0. The van der Waals surface area contributed by atoms with Crippen molar-refractivity contribution < 1.29 is 23.8 Å². The molecule has 3 aromatic carbocycles. The average molecular weight is 444 g/mol. The van der Waals surface area contributed by atoms with Crippen LogP contribution in [0.4, 0.5) is 11.4 Å². The highest BCUT2D eigenvalue weighted by atomic mass is 16.5. The van der Waals surface area contributed by atoms with Gasteiger partial charge in [-0.25, -0.2) is 4.90 Å². The number of imide groups is 1. The van der Waals surface area contributed by atoms with Crippen LogP contribution < -0.4 is 24.4 Å². The van der Waals surface area contributed by atoms with Gasteiger partial charge in [0.05, 0.1) is 37.8 Å². The Kier molecular flexibility index (Phi) is 6.31. The molecule has 2 amide bonds. The van der Waals surface area contributed by atoms with Crippen molar-refractivity contribution in [1.29, 1.82) is 0 Å². The third-order valence-electron chi connectivity index (χ3n) is 5.22. The highest BCUT2D eigenvalue weighted by molar-refractivity contribution is 6.46. The minimum Gasteiger partial charge on any atom is -0.497 e. The second-order valence-corrected chi connectivity index (χ2v) is 7.15. The fourth-order valence-electron chi connectivity index (χ4n) is 3.69. The van der Waals surface area contributed by atoms with Crippen molar-refractivity contribution in [3.63, 3.8) is 0 Å². The van der Waals surface area contributed by atoms with Gasteiger partial charge in [0.2, 0.25) is 0 Å². The van der Waals surface area contributed by atoms with Gasteiger partial charge < -0.3 is 19.5 Å². The first-order valence-corrected chi connectivity index (χ1v) is 10.5. The van der Waals surface area contributed by atoms with Crippen LogP contribution in [0.1, 0.15) is 12.5 Å². The van der Waals surface area contributed by atoms with Gasteiger partial charge in [0.15, 0.2) is 0 Å². The van der Waals surface area contributed by atoms with Gasteiger partial charge in [0.1, 0.15) is 22.9 Å². The van der Waals surface area contributed by atoms with Gasteiger partial charge >= 0.3 is 0 Å². The highest BCUT2D eigenvalue weighted by Crippen LogP contribution is 2.40. The Bertz CT molecular complexity index is 1220. The summed E-state index contributed by atoms with van der Waals surface area (Å²) in [6, 6.07) is 21.3. The zero-order chi connectivity index (χ0) is 23.4. The normalized spacial score (nSPS) is 13.4. The number of methoxy groups -OCH3 is 2. The molecule has 0 spiro atoms. The van der Waals surface area contributed by atoms with Gasteiger partial charge in [-0.15, -0.1) is 0 Å². The average Bonchev–Trinajstić information content (AvgIpc) is 3.09. The summed E-state index contributed by atoms with van der Waals surface area (Å²) in [7, 11) is 3.00. The predicted molar refractivity (Wildman–Crippen MR) is 127 cm³/mol. The molecule has 4 rings (SSSR count). The summed E-state index contributed by atoms with van der Waals surface area (Å²) in [4.78, 5) is 28.5. The monoisotopic (exact) mass is 444 g/mol. The van der Waals surface area contributed by atoms with E-state index >= 15 is 0 Å². The van der Waals surface area contributed by atoms with Crippen LogP contribution in [0.2, 0.25) is 0 Å². The minimum atomic E-state index is -0.503. The Morgan fingerprint density at radius 3 is 2.24 bits per heavy atom. The van der Waals surface area contributed by atoms with Crippen LogP contribution in [0, 0.1) is 0 Å². The van der Waals surface area contributed by atoms with Crippen molar-refractivity contribution in [1.82, 2.24) is 0 Å². The van der Waals surface area contributed by atoms with Crippen LogP contribution in [0.25, 0.3) is 5.57 Å². The molecule has 168 valence electrons. The molecule has 1 aliphatic heterocycles. The Hall–Kier alpha value is -4.26. The standard InChI is InChI=1S/C26H24N2O5/c1-4-33-21-13-9-8-12-19(21)27-24-23(17-10-6-5-7-11-17)25(29)28(26(24)30)20-16-18(31-2)14-15-22(20)32-3/h5-16,27H,4H2,1-3H3. The van der Waals surface area contributed by atoms with Gasteiger partial charge in [0.25, 0.3) is 11.8 Å². The van der Waals surface area contributed by atoms with E-state index in [4.69, 9.17) is 14.2 Å². The zero-order valence-corrected chi connectivity index (χ0v) is 18.6. The van der Waals surface area contributed by atoms with Gasteiger partial charge in [-0.1, -0.05) is 42.5 Å². The molecule has 0 fully saturated rings. The number of para-hydroxylation sites is 2. The summed E-state index contributed by atoms with van der Waals surface area (Å²) in [5, 5.41) is 3.16. The number of hydrogen-bond donors (Lipinski definition) is 1. The highest BCUT2D eigenvalue weighted by Gasteiger charge is 2.41. The maximum absolute atomic E-state index is 13.7. The minimum absolute atomic E-state index is 0.156. The molecule has 0 saturated heterocycles. The van der Waals surface area contributed by atoms with Crippen molar-refractivity contribution >= 4 is 28.8 Å². The van der Waals surface area contributed by atoms with E-state index in [1.54, 1.807) is 42.5 Å². The van der Waals surface area contributed by atoms with E-state index in [1.165, 1.54) is 14.2 Å². The fraction of sp³-hybridized carbons (Fsp3) is 0.154. The van der Waals surface area contributed by atoms with Gasteiger partial charge in [0, 0.05) is 6.07 Å². The molecule has 3 aromatic rings. The first kappa shape index (κ1) is 22.0. The summed E-state index contributed by atoms with van der Waals surface area (Å²) < 4.78 is 16.4. The number of rotatable bonds is 8. The van der Waals surface area contributed by atoms with E-state index in [1.807, 2.05) is 37.3 Å². The van der Waals surface area contributed by atoms with E-state index in [0.29, 0.717) is 40.8 Å². The predicted octanol–water partition coefficient (Wildman–Crippen LogP) is 4.50. The Labute approximate surface area is 192 Å². The van der Waals surface area contributed by atoms with Crippen LogP contribution in [0.15, 0.2) is 78.5 Å². The Balaban J connectivity index is 1.85. The van der Waals surface area contributed by atoms with Crippen LogP contribution in [0.5, 0.6) is 17.2 Å². The molecule has 0 unspecified atom stereocenters. The largest absolute Gasteiger partial charge is 0.497 e. The smallest absolute Gasteiger partial charge is 0.282 e. The summed E-state index contributed by atoms with van der Waals surface area (Å²) >= 11 is 0. The van der Waals surface area contributed by atoms with Gasteiger partial charge in [-0.2, -0.15) is 0 Å². The number of carbonyl (C=O) groups is 2. The van der Waals surface area contributed by atoms with E-state index in [0.717, 1.165) is 4.90 Å². The maximum atomic E-state index is 13.7. The molecule has 0 saturated carbocycles. The zero-order valence-electron chi connectivity index (χ0n) is 18.6. The first-order chi connectivity index (χ1) is 16.1. The van der Waals surface area contributed by atoms with E-state index in [2.05, 4.69) is 5.32 Å². The first-order valence-electron chi connectivity index (χ1n) is 10.5. The molecule has 1 heterocycles. The molecule has 7 heteroatoms. The molecular formula is C26H24N2O5. The van der Waals surface area contributed by atoms with Crippen molar-refractivity contribution in [3.05, 3.63) is 84.1 Å². The number of nitrogens with one attached hydrogen (secondary N) is 1. The number of benzene rings is 3. The quantitative estimate of drug-likeness (QED) is 0.516. The molecule has 0 aromatic heterocycles. The second kappa shape index (κ2) is 9.48. The third kappa shape index (κ3) is 4.13. The van der Waals surface area contributed by atoms with Crippen molar-refractivity contribution in [2.75, 3.05) is 31.0 Å². The molecule has 0 radical (unpaired) electrons. The lowest BCUT2D eigenvalue weighted by Gasteiger charge is -2.19. The lowest BCUT2D eigenvalue weighted by molar-refractivity contribution is -0.120. The second-order valence-electron chi connectivity index (χ2n) is 7.15. The van der Waals surface area contributed by atoms with Crippen LogP contribution in [-0.4, -0.2) is 32.6 Å². The third-order valence-corrected chi connectivity index (χ3v) is 5.22. The summed E-state index contributed by atoms with van der Waals surface area (Å²) in [6.07, 6.45) is 0. The topological polar surface area (TPSA) is 77.1 Å². The number of anilines is 2. The number of nitrogens with zero attached hydrogens (tertiary/aromatic N) is 1. The van der Waals surface area contributed by atoms with Crippen molar-refractivity contribution in [2.24, 2.45) is 0 Å². The van der Waals surface area contributed by atoms with Crippen LogP contribution >= 0.6 is 0 Å². The summed E-state index contributed by atoms with van der Waals surface area (Å²) in [5.41, 5.74) is 1.93. The van der Waals surface area contributed by atoms with Gasteiger partial charge in [-0.3, -0.25) is 9.59 Å². The van der Waals surface area contributed by atoms with E-state index in [9.17, 15) is 9.59 Å². The number of amides is 2. The van der Waals surface area contributed by atoms with E-state index < -0.39 is 11.8 Å².